The van der Waals surface area contributed by atoms with Crippen LogP contribution in [-0.4, -0.2) is 31.8 Å². The Balaban J connectivity index is 2.14. The van der Waals surface area contributed by atoms with Gasteiger partial charge in [0.25, 0.3) is 0 Å². The summed E-state index contributed by atoms with van der Waals surface area (Å²) in [6, 6.07) is 9.70. The third-order valence-corrected chi connectivity index (χ3v) is 4.19. The van der Waals surface area contributed by atoms with Gasteiger partial charge in [0, 0.05) is 36.9 Å². The Morgan fingerprint density at radius 3 is 2.81 bits per heavy atom. The molecule has 0 amide bonds. The number of rotatable bonds is 6. The second kappa shape index (κ2) is 7.69. The smallest absolute Gasteiger partial charge is 0.121 e. The number of benzene rings is 1. The fourth-order valence-electron chi connectivity index (χ4n) is 3.19. The van der Waals surface area contributed by atoms with E-state index in [0.29, 0.717) is 12.1 Å². The second-order valence-electron chi connectivity index (χ2n) is 6.38. The maximum absolute atomic E-state index is 5.66. The molecule has 2 unspecified atom stereocenters. The maximum Gasteiger partial charge on any atom is 0.121 e. The summed E-state index contributed by atoms with van der Waals surface area (Å²) in [6.07, 6.45) is 2.40. The van der Waals surface area contributed by atoms with Crippen LogP contribution >= 0.6 is 0 Å². The number of nitrogens with one attached hydrogen (secondary N) is 1. The van der Waals surface area contributed by atoms with Crippen LogP contribution in [0.3, 0.4) is 0 Å². The van der Waals surface area contributed by atoms with Gasteiger partial charge in [0.15, 0.2) is 0 Å². The van der Waals surface area contributed by atoms with Crippen LogP contribution in [0.1, 0.15) is 40.5 Å². The van der Waals surface area contributed by atoms with Crippen molar-refractivity contribution in [1.82, 2.24) is 5.32 Å². The monoisotopic (exact) mass is 290 g/mol. The molecular formula is C18H30N2O. The first-order valence-corrected chi connectivity index (χ1v) is 8.36. The van der Waals surface area contributed by atoms with Gasteiger partial charge < -0.3 is 15.0 Å². The van der Waals surface area contributed by atoms with Crippen LogP contribution in [0.2, 0.25) is 0 Å². The van der Waals surface area contributed by atoms with E-state index in [1.165, 1.54) is 18.5 Å². The molecule has 0 spiro atoms. The highest BCUT2D eigenvalue weighted by molar-refractivity contribution is 5.52. The van der Waals surface area contributed by atoms with Crippen LogP contribution in [-0.2, 0) is 0 Å². The first kappa shape index (κ1) is 16.2. The summed E-state index contributed by atoms with van der Waals surface area (Å²) in [5, 5.41) is 3.72. The first-order chi connectivity index (χ1) is 10.1. The standard InChI is InChI=1S/C18H30N2O/c1-5-16-12-19-15(10-14(3)4)13-20(16)17-8-7-9-18(11-17)21-6-2/h7-9,11,14-16,19H,5-6,10,12-13H2,1-4H3. The van der Waals surface area contributed by atoms with Crippen LogP contribution in [0.25, 0.3) is 0 Å². The van der Waals surface area contributed by atoms with Crippen molar-refractivity contribution in [1.29, 1.82) is 0 Å². The molecule has 1 N–H and O–H groups in total. The number of nitrogens with zero attached hydrogens (tertiary/aromatic N) is 1. The van der Waals surface area contributed by atoms with Gasteiger partial charge in [-0.2, -0.15) is 0 Å². The molecule has 1 fully saturated rings. The molecule has 0 aliphatic carbocycles. The van der Waals surface area contributed by atoms with Gasteiger partial charge in [0.1, 0.15) is 5.75 Å². The third kappa shape index (κ3) is 4.37. The van der Waals surface area contributed by atoms with E-state index in [9.17, 15) is 0 Å². The number of hydrogen-bond acceptors (Lipinski definition) is 3. The summed E-state index contributed by atoms with van der Waals surface area (Å²) in [7, 11) is 0. The Kier molecular flexibility index (Phi) is 5.92. The number of hydrogen-bond donors (Lipinski definition) is 1. The lowest BCUT2D eigenvalue weighted by Gasteiger charge is -2.42. The summed E-state index contributed by atoms with van der Waals surface area (Å²) >= 11 is 0. The molecule has 2 atom stereocenters. The molecule has 0 bridgehead atoms. The minimum atomic E-state index is 0.574. The van der Waals surface area contributed by atoms with E-state index in [4.69, 9.17) is 4.74 Å². The van der Waals surface area contributed by atoms with Gasteiger partial charge in [-0.3, -0.25) is 0 Å². The molecule has 1 aromatic rings. The Bertz CT molecular complexity index is 433. The SMILES string of the molecule is CCOc1cccc(N2CC(CC(C)C)NCC2CC)c1. The molecule has 0 radical (unpaired) electrons. The molecule has 2 rings (SSSR count). The lowest BCUT2D eigenvalue weighted by Crippen LogP contribution is -2.56. The summed E-state index contributed by atoms with van der Waals surface area (Å²) in [4.78, 5) is 2.56. The van der Waals surface area contributed by atoms with Gasteiger partial charge in [-0.1, -0.05) is 26.8 Å². The highest BCUT2D eigenvalue weighted by Gasteiger charge is 2.27. The summed E-state index contributed by atoms with van der Waals surface area (Å²) in [5.41, 5.74) is 1.29. The summed E-state index contributed by atoms with van der Waals surface area (Å²) in [6.45, 7) is 11.8. The molecule has 1 saturated heterocycles. The summed E-state index contributed by atoms with van der Waals surface area (Å²) in [5.74, 6) is 1.71. The quantitative estimate of drug-likeness (QED) is 0.865. The van der Waals surface area contributed by atoms with E-state index in [0.717, 1.165) is 31.4 Å². The molecule has 3 nitrogen and oxygen atoms in total. The van der Waals surface area contributed by atoms with Crippen molar-refractivity contribution in [3.8, 4) is 5.75 Å². The molecule has 21 heavy (non-hydrogen) atoms. The average molecular weight is 290 g/mol. The molecular weight excluding hydrogens is 260 g/mol. The molecule has 1 aliphatic rings. The topological polar surface area (TPSA) is 24.5 Å². The molecule has 3 heteroatoms. The summed E-state index contributed by atoms with van der Waals surface area (Å²) < 4.78 is 5.66. The van der Waals surface area contributed by atoms with Gasteiger partial charge in [-0.15, -0.1) is 0 Å². The third-order valence-electron chi connectivity index (χ3n) is 4.19. The van der Waals surface area contributed by atoms with E-state index in [1.54, 1.807) is 0 Å². The number of ether oxygens (including phenoxy) is 1. The van der Waals surface area contributed by atoms with Crippen molar-refractivity contribution in [3.63, 3.8) is 0 Å². The minimum Gasteiger partial charge on any atom is -0.494 e. The van der Waals surface area contributed by atoms with E-state index in [1.807, 2.05) is 13.0 Å². The fraction of sp³-hybridized carbons (Fsp3) is 0.667. The zero-order valence-corrected chi connectivity index (χ0v) is 13.9. The van der Waals surface area contributed by atoms with Gasteiger partial charge >= 0.3 is 0 Å². The highest BCUT2D eigenvalue weighted by Crippen LogP contribution is 2.26. The Hall–Kier alpha value is -1.22. The van der Waals surface area contributed by atoms with Crippen molar-refractivity contribution < 1.29 is 4.74 Å². The molecule has 118 valence electrons. The first-order valence-electron chi connectivity index (χ1n) is 8.36. The zero-order valence-electron chi connectivity index (χ0n) is 13.9. The lowest BCUT2D eigenvalue weighted by molar-refractivity contribution is 0.336. The predicted molar refractivity (Wildman–Crippen MR) is 90.3 cm³/mol. The minimum absolute atomic E-state index is 0.574. The van der Waals surface area contributed by atoms with E-state index < -0.39 is 0 Å². The molecule has 1 aliphatic heterocycles. The van der Waals surface area contributed by atoms with Gasteiger partial charge in [0.2, 0.25) is 0 Å². The Labute approximate surface area is 129 Å². The van der Waals surface area contributed by atoms with E-state index in [-0.39, 0.29) is 0 Å². The maximum atomic E-state index is 5.66. The number of anilines is 1. The molecule has 0 aromatic heterocycles. The van der Waals surface area contributed by atoms with E-state index >= 15 is 0 Å². The zero-order chi connectivity index (χ0) is 15.2. The fourth-order valence-corrected chi connectivity index (χ4v) is 3.19. The van der Waals surface area contributed by atoms with E-state index in [2.05, 4.69) is 49.2 Å². The Morgan fingerprint density at radius 2 is 2.14 bits per heavy atom. The lowest BCUT2D eigenvalue weighted by atomic mass is 9.98. The predicted octanol–water partition coefficient (Wildman–Crippen LogP) is 3.69. The van der Waals surface area contributed by atoms with Crippen LogP contribution in [0, 0.1) is 5.92 Å². The molecule has 0 saturated carbocycles. The van der Waals surface area contributed by atoms with Gasteiger partial charge in [0.05, 0.1) is 6.61 Å². The molecule has 1 heterocycles. The van der Waals surface area contributed by atoms with Gasteiger partial charge in [-0.05, 0) is 37.8 Å². The normalized spacial score (nSPS) is 22.6. The largest absolute Gasteiger partial charge is 0.494 e. The average Bonchev–Trinajstić information content (AvgIpc) is 2.47. The van der Waals surface area contributed by atoms with Crippen LogP contribution < -0.4 is 15.0 Å². The van der Waals surface area contributed by atoms with Crippen LogP contribution in [0.15, 0.2) is 24.3 Å². The molecule has 1 aromatic carbocycles. The van der Waals surface area contributed by atoms with Crippen LogP contribution in [0.5, 0.6) is 5.75 Å². The van der Waals surface area contributed by atoms with Crippen molar-refractivity contribution in [2.45, 2.75) is 52.6 Å². The number of piperazine rings is 1. The van der Waals surface area contributed by atoms with Crippen molar-refractivity contribution in [2.75, 3.05) is 24.6 Å². The second-order valence-corrected chi connectivity index (χ2v) is 6.38. The Morgan fingerprint density at radius 1 is 1.33 bits per heavy atom. The van der Waals surface area contributed by atoms with Crippen LogP contribution in [0.4, 0.5) is 5.69 Å². The highest BCUT2D eigenvalue weighted by atomic mass is 16.5. The van der Waals surface area contributed by atoms with Gasteiger partial charge in [-0.25, -0.2) is 0 Å². The van der Waals surface area contributed by atoms with Crippen molar-refractivity contribution in [3.05, 3.63) is 24.3 Å². The van der Waals surface area contributed by atoms with Crippen molar-refractivity contribution >= 4 is 5.69 Å². The van der Waals surface area contributed by atoms with Crippen molar-refractivity contribution in [2.24, 2.45) is 5.92 Å².